The lowest BCUT2D eigenvalue weighted by molar-refractivity contribution is -0.130. The molecular formula is C15H18N2O4S2. The van der Waals surface area contributed by atoms with Crippen molar-refractivity contribution in [2.24, 2.45) is 0 Å². The Morgan fingerprint density at radius 2 is 2.22 bits per heavy atom. The lowest BCUT2D eigenvalue weighted by Crippen LogP contribution is -2.27. The van der Waals surface area contributed by atoms with Crippen LogP contribution in [0, 0.1) is 0 Å². The molecule has 6 nitrogen and oxygen atoms in total. The van der Waals surface area contributed by atoms with Gasteiger partial charge in [-0.1, -0.05) is 30.0 Å². The van der Waals surface area contributed by atoms with E-state index in [9.17, 15) is 9.90 Å². The summed E-state index contributed by atoms with van der Waals surface area (Å²) >= 11 is 6.32. The molecule has 2 rings (SSSR count). The van der Waals surface area contributed by atoms with Gasteiger partial charge >= 0.3 is 0 Å². The van der Waals surface area contributed by atoms with Gasteiger partial charge in [-0.2, -0.15) is 0 Å². The highest BCUT2D eigenvalue weighted by Gasteiger charge is 2.22. The summed E-state index contributed by atoms with van der Waals surface area (Å²) in [6.45, 7) is -0.0590. The number of carbonyl (C=O) groups excluding carboxylic acids is 1. The van der Waals surface area contributed by atoms with Crippen molar-refractivity contribution in [1.82, 2.24) is 10.2 Å². The fourth-order valence-corrected chi connectivity index (χ4v) is 2.96. The van der Waals surface area contributed by atoms with Crippen LogP contribution < -0.4 is 14.8 Å². The van der Waals surface area contributed by atoms with Crippen LogP contribution in [0.5, 0.6) is 11.5 Å². The van der Waals surface area contributed by atoms with Gasteiger partial charge in [0.2, 0.25) is 0 Å². The number of methoxy groups -OCH3 is 1. The monoisotopic (exact) mass is 354 g/mol. The third kappa shape index (κ3) is 4.60. The Balaban J connectivity index is 2.15. The largest absolute Gasteiger partial charge is 0.493 e. The third-order valence-electron chi connectivity index (χ3n) is 3.08. The van der Waals surface area contributed by atoms with Gasteiger partial charge in [-0.25, -0.2) is 0 Å². The van der Waals surface area contributed by atoms with Gasteiger partial charge in [0.25, 0.3) is 5.91 Å². The summed E-state index contributed by atoms with van der Waals surface area (Å²) in [5.41, 5.74) is 0.834. The summed E-state index contributed by atoms with van der Waals surface area (Å²) in [5, 5.41) is 12.6. The summed E-state index contributed by atoms with van der Waals surface area (Å²) < 4.78 is 11.3. The number of amides is 1. The van der Waals surface area contributed by atoms with E-state index in [1.807, 2.05) is 12.1 Å². The molecule has 8 heteroatoms. The second kappa shape index (κ2) is 7.67. The Hall–Kier alpha value is -1.77. The van der Waals surface area contributed by atoms with Crippen molar-refractivity contribution < 1.29 is 19.4 Å². The average molecular weight is 354 g/mol. The fraction of sp³-hybridized carbons (Fsp3) is 0.333. The van der Waals surface area contributed by atoms with Gasteiger partial charge in [0.1, 0.15) is 4.32 Å². The molecule has 1 atom stereocenters. The quantitative estimate of drug-likeness (QED) is 0.776. The average Bonchev–Trinajstić information content (AvgIpc) is 2.82. The number of ether oxygens (including phenoxy) is 2. The van der Waals surface area contributed by atoms with Crippen LogP contribution in [0.2, 0.25) is 0 Å². The van der Waals surface area contributed by atoms with Gasteiger partial charge in [-0.15, -0.1) is 0 Å². The van der Waals surface area contributed by atoms with Crippen LogP contribution in [0.4, 0.5) is 0 Å². The zero-order valence-corrected chi connectivity index (χ0v) is 14.7. The number of aliphatic hydroxyl groups excluding tert-OH is 1. The number of likely N-dealkylation sites (N-methyl/N-ethyl adjacent to an activating group) is 1. The van der Waals surface area contributed by atoms with Crippen molar-refractivity contribution in [3.8, 4) is 11.5 Å². The van der Waals surface area contributed by atoms with E-state index >= 15 is 0 Å². The van der Waals surface area contributed by atoms with E-state index in [2.05, 4.69) is 5.32 Å². The summed E-state index contributed by atoms with van der Waals surface area (Å²) in [6, 6.07) is 5.32. The minimum absolute atomic E-state index is 0.0590. The number of hydrogen-bond acceptors (Lipinski definition) is 6. The molecule has 0 saturated carbocycles. The molecule has 1 aliphatic rings. The Morgan fingerprint density at radius 1 is 1.48 bits per heavy atom. The molecule has 0 aromatic heterocycles. The van der Waals surface area contributed by atoms with E-state index in [-0.39, 0.29) is 12.5 Å². The topological polar surface area (TPSA) is 71.0 Å². The van der Waals surface area contributed by atoms with Crippen LogP contribution in [-0.4, -0.2) is 54.3 Å². The molecule has 1 aliphatic heterocycles. The maximum atomic E-state index is 11.6. The zero-order chi connectivity index (χ0) is 17.0. The first-order valence-electron chi connectivity index (χ1n) is 6.79. The van der Waals surface area contributed by atoms with E-state index in [0.29, 0.717) is 20.7 Å². The molecule has 1 fully saturated rings. The molecule has 0 spiro atoms. The van der Waals surface area contributed by atoms with Gasteiger partial charge in [0.05, 0.1) is 7.11 Å². The van der Waals surface area contributed by atoms with Crippen molar-refractivity contribution >= 4 is 40.3 Å². The van der Waals surface area contributed by atoms with E-state index in [1.54, 1.807) is 26.2 Å². The Labute approximate surface area is 144 Å². The van der Waals surface area contributed by atoms with Crippen LogP contribution in [0.15, 0.2) is 23.1 Å². The number of benzene rings is 1. The highest BCUT2D eigenvalue weighted by atomic mass is 32.2. The molecule has 23 heavy (non-hydrogen) atoms. The molecule has 124 valence electrons. The highest BCUT2D eigenvalue weighted by molar-refractivity contribution is 8.26. The lowest BCUT2D eigenvalue weighted by atomic mass is 10.2. The van der Waals surface area contributed by atoms with E-state index in [4.69, 9.17) is 21.7 Å². The zero-order valence-electron chi connectivity index (χ0n) is 13.0. The molecule has 0 aliphatic carbocycles. The molecule has 1 aromatic rings. The van der Waals surface area contributed by atoms with Crippen LogP contribution in [-0.2, 0) is 4.79 Å². The van der Waals surface area contributed by atoms with Crippen LogP contribution >= 0.6 is 24.0 Å². The van der Waals surface area contributed by atoms with Crippen molar-refractivity contribution in [2.45, 2.75) is 6.23 Å². The molecule has 1 unspecified atom stereocenters. The first kappa shape index (κ1) is 17.6. The molecular weight excluding hydrogens is 336 g/mol. The molecule has 0 bridgehead atoms. The Kier molecular flexibility index (Phi) is 5.86. The maximum absolute atomic E-state index is 11.6. The molecule has 1 aromatic carbocycles. The summed E-state index contributed by atoms with van der Waals surface area (Å²) in [4.78, 5) is 13.8. The molecule has 1 heterocycles. The van der Waals surface area contributed by atoms with Gasteiger partial charge in [-0.3, -0.25) is 4.79 Å². The highest BCUT2D eigenvalue weighted by Crippen LogP contribution is 2.32. The van der Waals surface area contributed by atoms with Crippen LogP contribution in [0.25, 0.3) is 6.08 Å². The lowest BCUT2D eigenvalue weighted by Gasteiger charge is -2.14. The maximum Gasteiger partial charge on any atom is 0.259 e. The smallest absolute Gasteiger partial charge is 0.259 e. The number of aliphatic hydroxyl groups is 1. The first-order valence-corrected chi connectivity index (χ1v) is 8.02. The number of carbonyl (C=O) groups is 1. The third-order valence-corrected chi connectivity index (χ3v) is 4.33. The molecule has 0 radical (unpaired) electrons. The summed E-state index contributed by atoms with van der Waals surface area (Å²) in [5.74, 6) is 0.861. The number of nitrogens with zero attached hydrogens (tertiary/aromatic N) is 1. The van der Waals surface area contributed by atoms with Crippen LogP contribution in [0.3, 0.4) is 0 Å². The number of nitrogens with one attached hydrogen (secondary N) is 1. The van der Waals surface area contributed by atoms with E-state index < -0.39 is 6.23 Å². The van der Waals surface area contributed by atoms with E-state index in [1.165, 1.54) is 23.8 Å². The van der Waals surface area contributed by atoms with E-state index in [0.717, 1.165) is 5.56 Å². The number of thiocarbonyl (C=S) groups is 1. The number of hydrogen-bond donors (Lipinski definition) is 2. The second-order valence-corrected chi connectivity index (χ2v) is 6.72. The summed E-state index contributed by atoms with van der Waals surface area (Å²) in [7, 11) is 4.87. The second-order valence-electron chi connectivity index (χ2n) is 4.97. The standard InChI is InChI=1S/C15H18N2O4S2/c1-17(2)13(18)8-21-10-5-4-9(6-11(10)20-3)7-12-14(19)16-15(22)23-12/h4-7,14,19H,8H2,1-3H3,(H,16,22)/b12-7-. The molecule has 1 amide bonds. The van der Waals surface area contributed by atoms with Crippen molar-refractivity contribution in [1.29, 1.82) is 0 Å². The van der Waals surface area contributed by atoms with Crippen molar-refractivity contribution in [2.75, 3.05) is 27.8 Å². The minimum Gasteiger partial charge on any atom is -0.493 e. The van der Waals surface area contributed by atoms with Gasteiger partial charge < -0.3 is 24.8 Å². The summed E-state index contributed by atoms with van der Waals surface area (Å²) in [6.07, 6.45) is 1.03. The Bertz CT molecular complexity index is 646. The fourth-order valence-electron chi connectivity index (χ4n) is 1.81. The van der Waals surface area contributed by atoms with Crippen molar-refractivity contribution in [3.05, 3.63) is 28.7 Å². The normalized spacial score (nSPS) is 18.7. The Morgan fingerprint density at radius 3 is 2.78 bits per heavy atom. The van der Waals surface area contributed by atoms with Crippen molar-refractivity contribution in [3.63, 3.8) is 0 Å². The van der Waals surface area contributed by atoms with Gasteiger partial charge in [-0.05, 0) is 23.8 Å². The first-order chi connectivity index (χ1) is 10.9. The molecule has 2 N–H and O–H groups in total. The SMILES string of the molecule is COc1cc(/C=C2\SC(=S)NC2O)ccc1OCC(=O)N(C)C. The predicted molar refractivity (Wildman–Crippen MR) is 94.5 cm³/mol. The van der Waals surface area contributed by atoms with Gasteiger partial charge in [0.15, 0.2) is 24.3 Å². The molecule has 1 saturated heterocycles. The van der Waals surface area contributed by atoms with Crippen LogP contribution in [0.1, 0.15) is 5.56 Å². The number of thioether (sulfide) groups is 1. The van der Waals surface area contributed by atoms with Gasteiger partial charge in [0, 0.05) is 19.0 Å². The number of rotatable bonds is 5. The predicted octanol–water partition coefficient (Wildman–Crippen LogP) is 1.44. The minimum atomic E-state index is -0.785.